The van der Waals surface area contributed by atoms with Crippen molar-refractivity contribution in [1.82, 2.24) is 16.0 Å². The zero-order chi connectivity index (χ0) is 27.6. The summed E-state index contributed by atoms with van der Waals surface area (Å²) in [5.41, 5.74) is 5.86. The van der Waals surface area contributed by atoms with Crippen molar-refractivity contribution in [2.45, 2.75) is 56.5 Å². The zero-order valence-electron chi connectivity index (χ0n) is 19.1. The van der Waals surface area contributed by atoms with E-state index in [9.17, 15) is 44.1 Å². The first-order chi connectivity index (χ1) is 16.7. The number of phenols is 1. The van der Waals surface area contributed by atoms with Gasteiger partial charge in [-0.15, -0.1) is 0 Å². The van der Waals surface area contributed by atoms with Crippen molar-refractivity contribution in [3.63, 3.8) is 0 Å². The SMILES string of the molecule is CC(O)C(NC(=O)C(N)CC(=O)O)C(=O)NC(Cc1ccc(O)cc1)C(=O)NC(CC(=O)O)C(=O)O. The standard InChI is InChI=1S/C21H28N4O11/c1-9(26)17(25-18(32)12(22)7-15(28)29)20(34)23-13(6-10-2-4-11(27)5-3-10)19(33)24-14(21(35)36)8-16(30)31/h2-5,9,12-14,17,26-27H,6-8,22H2,1H3,(H,23,34)(H,24,33)(H,25,32)(H,28,29)(H,30,31)(H,35,36). The molecule has 5 atom stereocenters. The highest BCUT2D eigenvalue weighted by Gasteiger charge is 2.33. The molecule has 198 valence electrons. The van der Waals surface area contributed by atoms with Crippen LogP contribution in [-0.2, 0) is 35.2 Å². The fourth-order valence-electron chi connectivity index (χ4n) is 2.93. The summed E-state index contributed by atoms with van der Waals surface area (Å²) in [4.78, 5) is 70.9. The number of hydrogen-bond donors (Lipinski definition) is 9. The van der Waals surface area contributed by atoms with Crippen molar-refractivity contribution in [3.05, 3.63) is 29.8 Å². The van der Waals surface area contributed by atoms with Gasteiger partial charge in [-0.1, -0.05) is 12.1 Å². The Bertz CT molecular complexity index is 981. The topological polar surface area (TPSA) is 266 Å². The highest BCUT2D eigenvalue weighted by Crippen LogP contribution is 2.12. The van der Waals surface area contributed by atoms with Gasteiger partial charge in [0.15, 0.2) is 0 Å². The summed E-state index contributed by atoms with van der Waals surface area (Å²) in [6.45, 7) is 1.13. The summed E-state index contributed by atoms with van der Waals surface area (Å²) in [6, 6.07) is -1.15. The number of aromatic hydroxyl groups is 1. The lowest BCUT2D eigenvalue weighted by Crippen LogP contribution is -2.60. The maximum Gasteiger partial charge on any atom is 0.326 e. The first-order valence-electron chi connectivity index (χ1n) is 10.5. The second-order valence-electron chi connectivity index (χ2n) is 7.86. The van der Waals surface area contributed by atoms with E-state index in [2.05, 4.69) is 10.6 Å². The number of carbonyl (C=O) groups is 6. The fourth-order valence-corrected chi connectivity index (χ4v) is 2.93. The predicted molar refractivity (Wildman–Crippen MR) is 119 cm³/mol. The van der Waals surface area contributed by atoms with Crippen LogP contribution in [0.4, 0.5) is 0 Å². The number of amides is 3. The lowest BCUT2D eigenvalue weighted by atomic mass is 10.0. The highest BCUT2D eigenvalue weighted by atomic mass is 16.4. The lowest BCUT2D eigenvalue weighted by Gasteiger charge is -2.26. The van der Waals surface area contributed by atoms with Gasteiger partial charge in [0.2, 0.25) is 17.7 Å². The van der Waals surface area contributed by atoms with Crippen LogP contribution in [0, 0.1) is 0 Å². The third-order valence-corrected chi connectivity index (χ3v) is 4.80. The largest absolute Gasteiger partial charge is 0.508 e. The molecule has 0 aromatic heterocycles. The van der Waals surface area contributed by atoms with Crippen molar-refractivity contribution in [3.8, 4) is 5.75 Å². The van der Waals surface area contributed by atoms with E-state index in [1.807, 2.05) is 5.32 Å². The molecule has 0 saturated heterocycles. The molecule has 0 aliphatic carbocycles. The first kappa shape index (κ1) is 29.8. The van der Waals surface area contributed by atoms with Gasteiger partial charge in [-0.05, 0) is 24.6 Å². The molecule has 0 fully saturated rings. The molecule has 1 aromatic rings. The van der Waals surface area contributed by atoms with Gasteiger partial charge in [0.05, 0.1) is 25.0 Å². The fraction of sp³-hybridized carbons (Fsp3) is 0.429. The number of aliphatic hydroxyl groups excluding tert-OH is 1. The smallest absolute Gasteiger partial charge is 0.326 e. The van der Waals surface area contributed by atoms with Crippen LogP contribution in [0.3, 0.4) is 0 Å². The number of hydrogen-bond acceptors (Lipinski definition) is 9. The number of aliphatic hydroxyl groups is 1. The summed E-state index contributed by atoms with van der Waals surface area (Å²) in [5, 5.41) is 52.6. The van der Waals surface area contributed by atoms with Gasteiger partial charge in [-0.2, -0.15) is 0 Å². The maximum absolute atomic E-state index is 12.8. The molecule has 0 spiro atoms. The van der Waals surface area contributed by atoms with Crippen molar-refractivity contribution >= 4 is 35.6 Å². The molecule has 1 rings (SSSR count). The Morgan fingerprint density at radius 2 is 1.33 bits per heavy atom. The van der Waals surface area contributed by atoms with E-state index in [4.69, 9.17) is 15.9 Å². The Morgan fingerprint density at radius 3 is 1.81 bits per heavy atom. The minimum absolute atomic E-state index is 0.0919. The van der Waals surface area contributed by atoms with Crippen LogP contribution < -0.4 is 21.7 Å². The monoisotopic (exact) mass is 512 g/mol. The number of rotatable bonds is 14. The predicted octanol–water partition coefficient (Wildman–Crippen LogP) is -2.87. The zero-order valence-corrected chi connectivity index (χ0v) is 19.1. The summed E-state index contributed by atoms with van der Waals surface area (Å²) in [7, 11) is 0. The minimum atomic E-state index is -1.82. The molecule has 0 radical (unpaired) electrons. The number of nitrogens with two attached hydrogens (primary N) is 1. The second kappa shape index (κ2) is 13.6. The van der Waals surface area contributed by atoms with Crippen LogP contribution in [0.2, 0.25) is 0 Å². The van der Waals surface area contributed by atoms with Crippen molar-refractivity contribution in [2.24, 2.45) is 5.73 Å². The maximum atomic E-state index is 12.8. The van der Waals surface area contributed by atoms with E-state index in [-0.39, 0.29) is 12.2 Å². The third kappa shape index (κ3) is 9.94. The summed E-state index contributed by atoms with van der Waals surface area (Å²) in [6.07, 6.45) is -3.49. The molecule has 0 heterocycles. The molecule has 36 heavy (non-hydrogen) atoms. The molecular weight excluding hydrogens is 484 g/mol. The van der Waals surface area contributed by atoms with Crippen LogP contribution in [0.25, 0.3) is 0 Å². The Hall–Kier alpha value is -4.24. The summed E-state index contributed by atoms with van der Waals surface area (Å²) >= 11 is 0. The van der Waals surface area contributed by atoms with Gasteiger partial charge >= 0.3 is 17.9 Å². The number of aliphatic carboxylic acids is 3. The Kier molecular flexibility index (Phi) is 11.3. The molecule has 15 heteroatoms. The van der Waals surface area contributed by atoms with E-state index >= 15 is 0 Å². The van der Waals surface area contributed by atoms with Crippen LogP contribution in [0.15, 0.2) is 24.3 Å². The first-order valence-corrected chi connectivity index (χ1v) is 10.5. The van der Waals surface area contributed by atoms with Crippen molar-refractivity contribution in [2.75, 3.05) is 0 Å². The minimum Gasteiger partial charge on any atom is -0.508 e. The molecule has 0 bridgehead atoms. The van der Waals surface area contributed by atoms with Crippen LogP contribution in [0.1, 0.15) is 25.3 Å². The van der Waals surface area contributed by atoms with E-state index in [0.717, 1.165) is 6.92 Å². The molecule has 3 amide bonds. The second-order valence-corrected chi connectivity index (χ2v) is 7.86. The number of carboxylic acids is 3. The third-order valence-electron chi connectivity index (χ3n) is 4.80. The van der Waals surface area contributed by atoms with Crippen LogP contribution >= 0.6 is 0 Å². The molecule has 10 N–H and O–H groups in total. The van der Waals surface area contributed by atoms with Crippen LogP contribution in [-0.4, -0.2) is 91.4 Å². The van der Waals surface area contributed by atoms with Gasteiger partial charge in [-0.25, -0.2) is 4.79 Å². The van der Waals surface area contributed by atoms with Gasteiger partial charge in [0.25, 0.3) is 0 Å². The van der Waals surface area contributed by atoms with E-state index in [1.165, 1.54) is 24.3 Å². The van der Waals surface area contributed by atoms with Crippen LogP contribution in [0.5, 0.6) is 5.75 Å². The molecule has 1 aromatic carbocycles. The molecule has 15 nitrogen and oxygen atoms in total. The Labute approximate surface area is 204 Å². The average Bonchev–Trinajstić information content (AvgIpc) is 2.76. The van der Waals surface area contributed by atoms with Gasteiger partial charge < -0.3 is 47.2 Å². The summed E-state index contributed by atoms with van der Waals surface area (Å²) in [5.74, 6) is -7.85. The number of phenolic OH excluding ortho intramolecular Hbond substituents is 1. The quantitative estimate of drug-likeness (QED) is 0.122. The average molecular weight is 512 g/mol. The number of nitrogens with one attached hydrogen (secondary N) is 3. The van der Waals surface area contributed by atoms with Gasteiger partial charge in [0, 0.05) is 6.42 Å². The van der Waals surface area contributed by atoms with Gasteiger partial charge in [0.1, 0.15) is 23.9 Å². The summed E-state index contributed by atoms with van der Waals surface area (Å²) < 4.78 is 0. The Morgan fingerprint density at radius 1 is 0.806 bits per heavy atom. The highest BCUT2D eigenvalue weighted by molar-refractivity contribution is 5.95. The van der Waals surface area contributed by atoms with Crippen molar-refractivity contribution < 1.29 is 54.3 Å². The molecule has 0 aliphatic heterocycles. The van der Waals surface area contributed by atoms with Gasteiger partial charge in [-0.3, -0.25) is 24.0 Å². The van der Waals surface area contributed by atoms with Crippen molar-refractivity contribution in [1.29, 1.82) is 0 Å². The Balaban J connectivity index is 3.14. The number of carboxylic acid groups (broad SMARTS) is 3. The van der Waals surface area contributed by atoms with E-state index in [1.54, 1.807) is 0 Å². The van der Waals surface area contributed by atoms with E-state index < -0.39 is 78.7 Å². The number of carbonyl (C=O) groups excluding carboxylic acids is 3. The number of benzene rings is 1. The lowest BCUT2D eigenvalue weighted by molar-refractivity contribution is -0.147. The normalized spacial score (nSPS) is 14.9. The molecular formula is C21H28N4O11. The molecule has 5 unspecified atom stereocenters. The molecule has 0 aliphatic rings. The molecule has 0 saturated carbocycles. The van der Waals surface area contributed by atoms with E-state index in [0.29, 0.717) is 5.56 Å².